The molecule has 3 heteroatoms. The Hall–Kier alpha value is -1.87. The zero-order chi connectivity index (χ0) is 14.7. The molecule has 2 aromatic carbocycles. The van der Waals surface area contributed by atoms with Crippen molar-refractivity contribution < 1.29 is 9.13 Å². The van der Waals surface area contributed by atoms with Crippen molar-refractivity contribution in [1.29, 1.82) is 0 Å². The predicted molar refractivity (Wildman–Crippen MR) is 79.3 cm³/mol. The summed E-state index contributed by atoms with van der Waals surface area (Å²) in [4.78, 5) is 0. The van der Waals surface area contributed by atoms with Gasteiger partial charge in [-0.3, -0.25) is 0 Å². The van der Waals surface area contributed by atoms with Crippen molar-refractivity contribution in [2.24, 2.45) is 5.73 Å². The molecule has 0 aliphatic carbocycles. The highest BCUT2D eigenvalue weighted by molar-refractivity contribution is 5.36. The minimum atomic E-state index is -0.315. The first-order chi connectivity index (χ1) is 9.45. The van der Waals surface area contributed by atoms with E-state index < -0.39 is 0 Å². The highest BCUT2D eigenvalue weighted by Gasteiger charge is 2.10. The van der Waals surface area contributed by atoms with Crippen LogP contribution >= 0.6 is 0 Å². The molecule has 0 saturated heterocycles. The molecule has 20 heavy (non-hydrogen) atoms. The zero-order valence-electron chi connectivity index (χ0n) is 12.1. The summed E-state index contributed by atoms with van der Waals surface area (Å²) in [5, 5.41) is 0. The Kier molecular flexibility index (Phi) is 4.40. The molecule has 0 amide bonds. The molecule has 0 spiro atoms. The van der Waals surface area contributed by atoms with Crippen molar-refractivity contribution in [3.8, 4) is 5.75 Å². The Bertz CT molecular complexity index is 588. The lowest BCUT2D eigenvalue weighted by atomic mass is 10.1. The van der Waals surface area contributed by atoms with Gasteiger partial charge in [-0.1, -0.05) is 35.4 Å². The Labute approximate surface area is 119 Å². The Morgan fingerprint density at radius 3 is 2.35 bits per heavy atom. The van der Waals surface area contributed by atoms with Crippen LogP contribution in [0.15, 0.2) is 36.4 Å². The van der Waals surface area contributed by atoms with Gasteiger partial charge >= 0.3 is 0 Å². The molecule has 106 valence electrons. The first-order valence-corrected chi connectivity index (χ1v) is 6.70. The number of benzene rings is 2. The van der Waals surface area contributed by atoms with Crippen molar-refractivity contribution >= 4 is 0 Å². The minimum Gasteiger partial charge on any atom is -0.488 e. The van der Waals surface area contributed by atoms with Gasteiger partial charge in [0.05, 0.1) is 0 Å². The molecule has 0 aliphatic heterocycles. The lowest BCUT2D eigenvalue weighted by Crippen LogP contribution is -2.08. The van der Waals surface area contributed by atoms with E-state index in [2.05, 4.69) is 18.2 Å². The van der Waals surface area contributed by atoms with Gasteiger partial charge < -0.3 is 10.5 Å². The molecule has 0 aliphatic rings. The molecule has 2 rings (SSSR count). The predicted octanol–water partition coefficient (Wildman–Crippen LogP) is 4.04. The molecule has 2 nitrogen and oxygen atoms in total. The number of aryl methyl sites for hydroxylation is 2. The fourth-order valence-corrected chi connectivity index (χ4v) is 2.32. The summed E-state index contributed by atoms with van der Waals surface area (Å²) in [6, 6.07) is 10.5. The molecule has 2 aromatic rings. The Morgan fingerprint density at radius 1 is 1.10 bits per heavy atom. The summed E-state index contributed by atoms with van der Waals surface area (Å²) in [7, 11) is 0. The van der Waals surface area contributed by atoms with E-state index >= 15 is 0 Å². The average Bonchev–Trinajstić information content (AvgIpc) is 2.35. The smallest absolute Gasteiger partial charge is 0.127 e. The largest absolute Gasteiger partial charge is 0.488 e. The second kappa shape index (κ2) is 6.06. The van der Waals surface area contributed by atoms with Gasteiger partial charge in [0.25, 0.3) is 0 Å². The quantitative estimate of drug-likeness (QED) is 0.912. The third-order valence-electron chi connectivity index (χ3n) is 3.14. The molecule has 2 N–H and O–H groups in total. The van der Waals surface area contributed by atoms with Crippen molar-refractivity contribution in [2.75, 3.05) is 0 Å². The second-order valence-corrected chi connectivity index (χ2v) is 5.26. The third-order valence-corrected chi connectivity index (χ3v) is 3.14. The normalized spacial score (nSPS) is 12.2. The molecule has 0 heterocycles. The fourth-order valence-electron chi connectivity index (χ4n) is 2.32. The molecular weight excluding hydrogens is 253 g/mol. The van der Waals surface area contributed by atoms with Crippen LogP contribution in [-0.4, -0.2) is 0 Å². The summed E-state index contributed by atoms with van der Waals surface area (Å²) < 4.78 is 19.1. The summed E-state index contributed by atoms with van der Waals surface area (Å²) in [6.07, 6.45) is 0. The van der Waals surface area contributed by atoms with Crippen molar-refractivity contribution in [1.82, 2.24) is 0 Å². The maximum atomic E-state index is 13.3. The zero-order valence-corrected chi connectivity index (χ0v) is 12.1. The van der Waals surface area contributed by atoms with E-state index in [0.717, 1.165) is 11.1 Å². The summed E-state index contributed by atoms with van der Waals surface area (Å²) in [5.74, 6) is 0.198. The number of halogens is 1. The highest BCUT2D eigenvalue weighted by Crippen LogP contribution is 2.26. The molecule has 0 fully saturated rings. The topological polar surface area (TPSA) is 35.2 Å². The van der Waals surface area contributed by atoms with E-state index in [0.29, 0.717) is 12.4 Å². The van der Waals surface area contributed by atoms with Crippen LogP contribution in [0.5, 0.6) is 5.75 Å². The number of hydrogen-bond acceptors (Lipinski definition) is 2. The van der Waals surface area contributed by atoms with Gasteiger partial charge in [-0.25, -0.2) is 4.39 Å². The lowest BCUT2D eigenvalue weighted by molar-refractivity contribution is 0.299. The van der Waals surface area contributed by atoms with Crippen LogP contribution in [0, 0.1) is 19.7 Å². The van der Waals surface area contributed by atoms with Crippen LogP contribution < -0.4 is 10.5 Å². The van der Waals surface area contributed by atoms with Crippen LogP contribution in [-0.2, 0) is 6.61 Å². The van der Waals surface area contributed by atoms with Gasteiger partial charge in [-0.05, 0) is 32.4 Å². The number of ether oxygens (including phenoxy) is 1. The molecule has 1 unspecified atom stereocenters. The summed E-state index contributed by atoms with van der Waals surface area (Å²) in [5.41, 5.74) is 10.1. The molecule has 0 radical (unpaired) electrons. The van der Waals surface area contributed by atoms with Crippen LogP contribution in [0.4, 0.5) is 4.39 Å². The van der Waals surface area contributed by atoms with E-state index in [4.69, 9.17) is 10.5 Å². The monoisotopic (exact) mass is 273 g/mol. The first-order valence-electron chi connectivity index (χ1n) is 6.70. The Morgan fingerprint density at radius 2 is 1.75 bits per heavy atom. The third kappa shape index (κ3) is 3.58. The molecule has 0 aromatic heterocycles. The first kappa shape index (κ1) is 14.5. The lowest BCUT2D eigenvalue weighted by Gasteiger charge is -2.14. The van der Waals surface area contributed by atoms with E-state index in [-0.39, 0.29) is 11.9 Å². The van der Waals surface area contributed by atoms with E-state index in [1.54, 1.807) is 6.07 Å². The standard InChI is InChI=1S/C17H20FNO/c1-11-6-12(2)8-14(7-11)10-20-17-9-15(18)4-5-16(17)13(3)19/h4-9,13H,10,19H2,1-3H3. The number of rotatable bonds is 4. The van der Waals surface area contributed by atoms with Crippen LogP contribution in [0.3, 0.4) is 0 Å². The second-order valence-electron chi connectivity index (χ2n) is 5.26. The summed E-state index contributed by atoms with van der Waals surface area (Å²) in [6.45, 7) is 6.36. The number of hydrogen-bond donors (Lipinski definition) is 1. The van der Waals surface area contributed by atoms with E-state index in [1.165, 1.54) is 23.3 Å². The van der Waals surface area contributed by atoms with Gasteiger partial charge in [-0.15, -0.1) is 0 Å². The Balaban J connectivity index is 2.20. The molecule has 0 saturated carbocycles. The molecular formula is C17H20FNO. The van der Waals surface area contributed by atoms with Crippen molar-refractivity contribution in [2.45, 2.75) is 33.4 Å². The van der Waals surface area contributed by atoms with Gasteiger partial charge in [0.1, 0.15) is 18.2 Å². The fraction of sp³-hybridized carbons (Fsp3) is 0.294. The average molecular weight is 273 g/mol. The van der Waals surface area contributed by atoms with Gasteiger partial charge in [0.2, 0.25) is 0 Å². The van der Waals surface area contributed by atoms with Crippen molar-refractivity contribution in [3.63, 3.8) is 0 Å². The van der Waals surface area contributed by atoms with Crippen LogP contribution in [0.1, 0.15) is 35.2 Å². The number of nitrogens with two attached hydrogens (primary N) is 1. The maximum absolute atomic E-state index is 13.3. The van der Waals surface area contributed by atoms with Gasteiger partial charge in [0, 0.05) is 17.7 Å². The molecule has 0 bridgehead atoms. The van der Waals surface area contributed by atoms with Gasteiger partial charge in [0.15, 0.2) is 0 Å². The van der Waals surface area contributed by atoms with E-state index in [1.807, 2.05) is 20.8 Å². The maximum Gasteiger partial charge on any atom is 0.127 e. The van der Waals surface area contributed by atoms with Crippen LogP contribution in [0.2, 0.25) is 0 Å². The highest BCUT2D eigenvalue weighted by atomic mass is 19.1. The van der Waals surface area contributed by atoms with Crippen LogP contribution in [0.25, 0.3) is 0 Å². The van der Waals surface area contributed by atoms with E-state index in [9.17, 15) is 4.39 Å². The minimum absolute atomic E-state index is 0.190. The van der Waals surface area contributed by atoms with Crippen molar-refractivity contribution in [3.05, 3.63) is 64.5 Å². The van der Waals surface area contributed by atoms with Gasteiger partial charge in [-0.2, -0.15) is 0 Å². The summed E-state index contributed by atoms with van der Waals surface area (Å²) >= 11 is 0. The SMILES string of the molecule is Cc1cc(C)cc(COc2cc(F)ccc2C(C)N)c1. The molecule has 1 atom stereocenters.